The van der Waals surface area contributed by atoms with Crippen molar-refractivity contribution in [2.75, 3.05) is 0 Å². The molecule has 1 aromatic rings. The Morgan fingerprint density at radius 2 is 1.93 bits per heavy atom. The third kappa shape index (κ3) is 3.10. The molecule has 0 heterocycles. The summed E-state index contributed by atoms with van der Waals surface area (Å²) in [5, 5.41) is 11.5. The molecule has 15 heavy (non-hydrogen) atoms. The van der Waals surface area contributed by atoms with Crippen molar-refractivity contribution in [3.8, 4) is 6.07 Å². The summed E-state index contributed by atoms with van der Waals surface area (Å²) in [5.74, 6) is -0.0847. The fourth-order valence-electron chi connectivity index (χ4n) is 1.16. The summed E-state index contributed by atoms with van der Waals surface area (Å²) in [6, 6.07) is 10.5. The molecule has 1 aromatic carbocycles. The molecule has 1 unspecified atom stereocenters. The van der Waals surface area contributed by atoms with Gasteiger partial charge in [0, 0.05) is 5.56 Å². The van der Waals surface area contributed by atoms with Crippen LogP contribution in [0.4, 0.5) is 0 Å². The molecule has 0 radical (unpaired) electrons. The van der Waals surface area contributed by atoms with E-state index in [0.717, 1.165) is 0 Å². The van der Waals surface area contributed by atoms with Gasteiger partial charge in [-0.2, -0.15) is 5.26 Å². The summed E-state index contributed by atoms with van der Waals surface area (Å²) in [6.45, 7) is 3.80. The van der Waals surface area contributed by atoms with Gasteiger partial charge in [0.15, 0.2) is 0 Å². The van der Waals surface area contributed by atoms with Gasteiger partial charge in [-0.15, -0.1) is 0 Å². The minimum Gasteiger partial charge on any atom is -0.336 e. The third-order valence-electron chi connectivity index (χ3n) is 2.13. The van der Waals surface area contributed by atoms with Gasteiger partial charge in [-0.1, -0.05) is 32.0 Å². The number of nitrogens with zero attached hydrogens (tertiary/aromatic N) is 1. The van der Waals surface area contributed by atoms with Gasteiger partial charge in [-0.25, -0.2) is 0 Å². The Hall–Kier alpha value is -1.82. The topological polar surface area (TPSA) is 52.9 Å². The highest BCUT2D eigenvalue weighted by molar-refractivity contribution is 5.94. The zero-order chi connectivity index (χ0) is 11.3. The molecule has 0 aliphatic rings. The first-order valence-electron chi connectivity index (χ1n) is 4.90. The van der Waals surface area contributed by atoms with Crippen molar-refractivity contribution in [1.29, 1.82) is 5.26 Å². The minimum atomic E-state index is -0.433. The number of carbonyl (C=O) groups excluding carboxylic acids is 1. The second-order valence-corrected chi connectivity index (χ2v) is 3.69. The van der Waals surface area contributed by atoms with Crippen LogP contribution in [-0.2, 0) is 0 Å². The van der Waals surface area contributed by atoms with E-state index in [0.29, 0.717) is 5.56 Å². The first-order valence-corrected chi connectivity index (χ1v) is 4.90. The quantitative estimate of drug-likeness (QED) is 0.814. The van der Waals surface area contributed by atoms with E-state index >= 15 is 0 Å². The van der Waals surface area contributed by atoms with E-state index < -0.39 is 6.04 Å². The van der Waals surface area contributed by atoms with Gasteiger partial charge >= 0.3 is 0 Å². The molecule has 0 aliphatic carbocycles. The summed E-state index contributed by atoms with van der Waals surface area (Å²) in [5.41, 5.74) is 0.582. The van der Waals surface area contributed by atoms with E-state index in [1.165, 1.54) is 0 Å². The van der Waals surface area contributed by atoms with Crippen molar-refractivity contribution < 1.29 is 4.79 Å². The number of nitrogens with one attached hydrogen (secondary N) is 1. The SMILES string of the molecule is CC(C)C(C#N)NC(=O)c1ccccc1. The van der Waals surface area contributed by atoms with Gasteiger partial charge in [0.1, 0.15) is 6.04 Å². The first kappa shape index (κ1) is 11.3. The van der Waals surface area contributed by atoms with Crippen molar-refractivity contribution in [3.05, 3.63) is 35.9 Å². The second-order valence-electron chi connectivity index (χ2n) is 3.69. The maximum Gasteiger partial charge on any atom is 0.252 e. The number of hydrogen-bond acceptors (Lipinski definition) is 2. The van der Waals surface area contributed by atoms with Crippen molar-refractivity contribution >= 4 is 5.91 Å². The Labute approximate surface area is 89.7 Å². The number of carbonyl (C=O) groups is 1. The van der Waals surface area contributed by atoms with Crippen molar-refractivity contribution in [2.24, 2.45) is 5.92 Å². The van der Waals surface area contributed by atoms with E-state index in [-0.39, 0.29) is 11.8 Å². The predicted octanol–water partition coefficient (Wildman–Crippen LogP) is 1.96. The fraction of sp³-hybridized carbons (Fsp3) is 0.333. The van der Waals surface area contributed by atoms with Gasteiger partial charge in [-0.05, 0) is 18.1 Å². The lowest BCUT2D eigenvalue weighted by Crippen LogP contribution is -2.37. The summed E-state index contributed by atoms with van der Waals surface area (Å²) < 4.78 is 0. The Morgan fingerprint density at radius 3 is 2.40 bits per heavy atom. The van der Waals surface area contributed by atoms with Crippen LogP contribution in [0.25, 0.3) is 0 Å². The lowest BCUT2D eigenvalue weighted by molar-refractivity contribution is 0.0937. The minimum absolute atomic E-state index is 0.114. The molecule has 1 rings (SSSR count). The van der Waals surface area contributed by atoms with Gasteiger partial charge in [0.2, 0.25) is 0 Å². The highest BCUT2D eigenvalue weighted by Crippen LogP contribution is 2.03. The number of amides is 1. The smallest absolute Gasteiger partial charge is 0.252 e. The highest BCUT2D eigenvalue weighted by Gasteiger charge is 2.15. The van der Waals surface area contributed by atoms with Gasteiger partial charge in [0.25, 0.3) is 5.91 Å². The average molecular weight is 202 g/mol. The Kier molecular flexibility index (Phi) is 3.87. The predicted molar refractivity (Wildman–Crippen MR) is 58.1 cm³/mol. The number of benzene rings is 1. The first-order chi connectivity index (χ1) is 7.15. The zero-order valence-electron chi connectivity index (χ0n) is 8.90. The van der Waals surface area contributed by atoms with Crippen molar-refractivity contribution in [3.63, 3.8) is 0 Å². The average Bonchev–Trinajstić information content (AvgIpc) is 2.26. The molecule has 0 aliphatic heterocycles. The van der Waals surface area contributed by atoms with Crippen LogP contribution in [-0.4, -0.2) is 11.9 Å². The van der Waals surface area contributed by atoms with Crippen LogP contribution in [0.1, 0.15) is 24.2 Å². The van der Waals surface area contributed by atoms with E-state index in [9.17, 15) is 4.79 Å². The highest BCUT2D eigenvalue weighted by atomic mass is 16.1. The number of hydrogen-bond donors (Lipinski definition) is 1. The molecule has 0 fully saturated rings. The number of nitriles is 1. The summed E-state index contributed by atoms with van der Waals surface area (Å²) >= 11 is 0. The molecule has 0 aromatic heterocycles. The maximum absolute atomic E-state index is 11.7. The molecule has 0 bridgehead atoms. The molecule has 0 saturated heterocycles. The molecule has 78 valence electrons. The van der Waals surface area contributed by atoms with Crippen LogP contribution in [0.5, 0.6) is 0 Å². The van der Waals surface area contributed by atoms with Crippen molar-refractivity contribution in [1.82, 2.24) is 5.32 Å². The number of rotatable bonds is 3. The van der Waals surface area contributed by atoms with E-state index in [2.05, 4.69) is 11.4 Å². The van der Waals surface area contributed by atoms with Crippen LogP contribution < -0.4 is 5.32 Å². The Morgan fingerprint density at radius 1 is 1.33 bits per heavy atom. The Bertz CT molecular complexity index is 365. The largest absolute Gasteiger partial charge is 0.336 e. The lowest BCUT2D eigenvalue weighted by Gasteiger charge is -2.14. The summed E-state index contributed by atoms with van der Waals surface area (Å²) in [6.07, 6.45) is 0. The van der Waals surface area contributed by atoms with Gasteiger partial charge in [0.05, 0.1) is 6.07 Å². The van der Waals surface area contributed by atoms with Crippen molar-refractivity contribution in [2.45, 2.75) is 19.9 Å². The van der Waals surface area contributed by atoms with Gasteiger partial charge in [-0.3, -0.25) is 4.79 Å². The monoisotopic (exact) mass is 202 g/mol. The van der Waals surface area contributed by atoms with Crippen LogP contribution in [0.3, 0.4) is 0 Å². The molecule has 1 amide bonds. The molecule has 1 atom stereocenters. The second kappa shape index (κ2) is 5.16. The third-order valence-corrected chi connectivity index (χ3v) is 2.13. The molecular weight excluding hydrogens is 188 g/mol. The van der Waals surface area contributed by atoms with E-state index in [1.807, 2.05) is 19.9 Å². The molecule has 3 nitrogen and oxygen atoms in total. The molecule has 0 saturated carbocycles. The normalized spacial score (nSPS) is 11.9. The lowest BCUT2D eigenvalue weighted by atomic mass is 10.1. The zero-order valence-corrected chi connectivity index (χ0v) is 8.90. The van der Waals surface area contributed by atoms with Crippen LogP contribution in [0.2, 0.25) is 0 Å². The Balaban J connectivity index is 2.68. The fourth-order valence-corrected chi connectivity index (χ4v) is 1.16. The van der Waals surface area contributed by atoms with E-state index in [1.54, 1.807) is 24.3 Å². The molecule has 3 heteroatoms. The summed E-state index contributed by atoms with van der Waals surface area (Å²) in [7, 11) is 0. The summed E-state index contributed by atoms with van der Waals surface area (Å²) in [4.78, 5) is 11.7. The van der Waals surface area contributed by atoms with Crippen LogP contribution in [0.15, 0.2) is 30.3 Å². The molecular formula is C12H14N2O. The molecule has 1 N–H and O–H groups in total. The van der Waals surface area contributed by atoms with E-state index in [4.69, 9.17) is 5.26 Å². The molecule has 0 spiro atoms. The van der Waals surface area contributed by atoms with Crippen LogP contribution in [0, 0.1) is 17.2 Å². The standard InChI is InChI=1S/C12H14N2O/c1-9(2)11(8-13)14-12(15)10-6-4-3-5-7-10/h3-7,9,11H,1-2H3,(H,14,15). The van der Waals surface area contributed by atoms with Crippen LogP contribution >= 0.6 is 0 Å². The maximum atomic E-state index is 11.7. The van der Waals surface area contributed by atoms with Gasteiger partial charge < -0.3 is 5.32 Å².